The highest BCUT2D eigenvalue weighted by molar-refractivity contribution is 7.13. The molecule has 1 unspecified atom stereocenters. The van der Waals surface area contributed by atoms with Crippen LogP contribution in [0.15, 0.2) is 70.6 Å². The maximum Gasteiger partial charge on any atom is 0.231 e. The van der Waals surface area contributed by atoms with Gasteiger partial charge in [-0.1, -0.05) is 35.5 Å². The molecule has 1 aliphatic heterocycles. The highest BCUT2D eigenvalue weighted by Gasteiger charge is 2.35. The van der Waals surface area contributed by atoms with Crippen LogP contribution in [0.2, 0.25) is 0 Å². The van der Waals surface area contributed by atoms with E-state index < -0.39 is 5.92 Å². The minimum absolute atomic E-state index is 0.0892. The first-order valence-electron chi connectivity index (χ1n) is 10.8. The Bertz CT molecular complexity index is 1320. The summed E-state index contributed by atoms with van der Waals surface area (Å²) in [6.07, 6.45) is 0.535. The van der Waals surface area contributed by atoms with Crippen molar-refractivity contribution in [2.45, 2.75) is 12.8 Å². The Hall–Kier alpha value is -3.98. The molecule has 5 rings (SSSR count). The standard InChI is InChI=1S/C25H22N4O4S/c1-32-19-8-4-7-18(14-19)29-15-17(13-23(29)30)25(31)26-20-9-3-2-6-16(20)12-22-27-24(28-33-22)21-10-5-11-34-21/h2-11,14,17H,12-13,15H2,1H3,(H,26,31). The monoisotopic (exact) mass is 474 g/mol. The topological polar surface area (TPSA) is 97.6 Å². The molecule has 2 amide bonds. The first-order chi connectivity index (χ1) is 16.6. The van der Waals surface area contributed by atoms with Crippen LogP contribution in [-0.2, 0) is 16.0 Å². The molecule has 34 heavy (non-hydrogen) atoms. The third-order valence-electron chi connectivity index (χ3n) is 5.69. The number of ether oxygens (including phenoxy) is 1. The first kappa shape index (κ1) is 21.8. The lowest BCUT2D eigenvalue weighted by Crippen LogP contribution is -2.28. The third-order valence-corrected chi connectivity index (χ3v) is 6.55. The van der Waals surface area contributed by atoms with Gasteiger partial charge in [-0.2, -0.15) is 4.98 Å². The second-order valence-corrected chi connectivity index (χ2v) is 8.87. The third kappa shape index (κ3) is 4.55. The Balaban J connectivity index is 1.28. The van der Waals surface area contributed by atoms with E-state index in [1.165, 1.54) is 0 Å². The number of nitrogens with zero attached hydrogens (tertiary/aromatic N) is 3. The van der Waals surface area contributed by atoms with Crippen molar-refractivity contribution in [3.8, 4) is 16.5 Å². The Kier molecular flexibility index (Phi) is 6.09. The zero-order valence-electron chi connectivity index (χ0n) is 18.4. The Morgan fingerprint density at radius 3 is 2.91 bits per heavy atom. The lowest BCUT2D eigenvalue weighted by atomic mass is 10.1. The predicted octanol–water partition coefficient (Wildman–Crippen LogP) is 4.39. The van der Waals surface area contributed by atoms with E-state index in [0.717, 1.165) is 16.1 Å². The summed E-state index contributed by atoms with van der Waals surface area (Å²) in [4.78, 5) is 32.7. The number of benzene rings is 2. The predicted molar refractivity (Wildman–Crippen MR) is 129 cm³/mol. The van der Waals surface area contributed by atoms with Gasteiger partial charge < -0.3 is 19.5 Å². The maximum atomic E-state index is 13.1. The Morgan fingerprint density at radius 2 is 2.09 bits per heavy atom. The number of hydrogen-bond acceptors (Lipinski definition) is 7. The quantitative estimate of drug-likeness (QED) is 0.427. The van der Waals surface area contributed by atoms with Crippen LogP contribution >= 0.6 is 11.3 Å². The molecule has 8 nitrogen and oxygen atoms in total. The van der Waals surface area contributed by atoms with Crippen molar-refractivity contribution in [1.82, 2.24) is 10.1 Å². The Morgan fingerprint density at radius 1 is 1.21 bits per heavy atom. The van der Waals surface area contributed by atoms with E-state index in [0.29, 0.717) is 36.1 Å². The number of anilines is 2. The van der Waals surface area contributed by atoms with Crippen LogP contribution in [0.25, 0.3) is 10.7 Å². The zero-order chi connectivity index (χ0) is 23.5. The van der Waals surface area contributed by atoms with Crippen molar-refractivity contribution >= 4 is 34.5 Å². The van der Waals surface area contributed by atoms with E-state index in [1.807, 2.05) is 60.0 Å². The molecule has 4 aromatic rings. The molecule has 1 fully saturated rings. The maximum absolute atomic E-state index is 13.1. The average molecular weight is 475 g/mol. The van der Waals surface area contributed by atoms with E-state index in [4.69, 9.17) is 9.26 Å². The van der Waals surface area contributed by atoms with E-state index in [2.05, 4.69) is 15.5 Å². The van der Waals surface area contributed by atoms with Gasteiger partial charge in [0, 0.05) is 30.4 Å². The minimum atomic E-state index is -0.458. The van der Waals surface area contributed by atoms with Crippen molar-refractivity contribution < 1.29 is 18.8 Å². The van der Waals surface area contributed by atoms with Gasteiger partial charge in [0.25, 0.3) is 0 Å². The van der Waals surface area contributed by atoms with Crippen LogP contribution in [0.3, 0.4) is 0 Å². The summed E-state index contributed by atoms with van der Waals surface area (Å²) in [5.74, 6) is 0.930. The van der Waals surface area contributed by atoms with Crippen molar-refractivity contribution in [3.63, 3.8) is 0 Å². The minimum Gasteiger partial charge on any atom is -0.497 e. The second-order valence-electron chi connectivity index (χ2n) is 7.92. The van der Waals surface area contributed by atoms with Gasteiger partial charge in [-0.3, -0.25) is 9.59 Å². The second kappa shape index (κ2) is 9.48. The van der Waals surface area contributed by atoms with Crippen molar-refractivity contribution in [3.05, 3.63) is 77.5 Å². The van der Waals surface area contributed by atoms with Gasteiger partial charge in [0.2, 0.25) is 23.5 Å². The molecule has 0 saturated carbocycles. The summed E-state index contributed by atoms with van der Waals surface area (Å²) in [5.41, 5.74) is 2.24. The fourth-order valence-corrected chi connectivity index (χ4v) is 4.59. The number of thiophene rings is 1. The number of carbonyl (C=O) groups is 2. The zero-order valence-corrected chi connectivity index (χ0v) is 19.2. The number of aromatic nitrogens is 2. The van der Waals surface area contributed by atoms with Crippen LogP contribution in [0, 0.1) is 5.92 Å². The van der Waals surface area contributed by atoms with Gasteiger partial charge in [-0.05, 0) is 35.2 Å². The summed E-state index contributed by atoms with van der Waals surface area (Å²) >= 11 is 1.54. The number of hydrogen-bond donors (Lipinski definition) is 1. The highest BCUT2D eigenvalue weighted by atomic mass is 32.1. The number of para-hydroxylation sites is 1. The molecular formula is C25H22N4O4S. The fourth-order valence-electron chi connectivity index (χ4n) is 3.94. The van der Waals surface area contributed by atoms with Gasteiger partial charge in [0.15, 0.2) is 0 Å². The molecule has 0 bridgehead atoms. The van der Waals surface area contributed by atoms with Crippen LogP contribution in [-0.4, -0.2) is 35.6 Å². The number of rotatable bonds is 7. The first-order valence-corrected chi connectivity index (χ1v) is 11.7. The molecule has 1 atom stereocenters. The van der Waals surface area contributed by atoms with Gasteiger partial charge in [0.05, 0.1) is 24.3 Å². The van der Waals surface area contributed by atoms with Gasteiger partial charge in [-0.15, -0.1) is 11.3 Å². The lowest BCUT2D eigenvalue weighted by Gasteiger charge is -2.18. The molecule has 2 aromatic heterocycles. The molecule has 2 aromatic carbocycles. The van der Waals surface area contributed by atoms with Gasteiger partial charge in [0.1, 0.15) is 5.75 Å². The number of methoxy groups -OCH3 is 1. The lowest BCUT2D eigenvalue weighted by molar-refractivity contribution is -0.122. The molecule has 1 aliphatic rings. The van der Waals surface area contributed by atoms with E-state index in [1.54, 1.807) is 29.4 Å². The van der Waals surface area contributed by atoms with Gasteiger partial charge >= 0.3 is 0 Å². The summed E-state index contributed by atoms with van der Waals surface area (Å²) < 4.78 is 10.7. The number of carbonyl (C=O) groups excluding carboxylic acids is 2. The van der Waals surface area contributed by atoms with E-state index in [-0.39, 0.29) is 18.2 Å². The number of nitrogens with one attached hydrogen (secondary N) is 1. The molecule has 172 valence electrons. The van der Waals surface area contributed by atoms with Crippen molar-refractivity contribution in [1.29, 1.82) is 0 Å². The van der Waals surface area contributed by atoms with Crippen molar-refractivity contribution in [2.24, 2.45) is 5.92 Å². The molecular weight excluding hydrogens is 452 g/mol. The fraction of sp³-hybridized carbons (Fsp3) is 0.200. The smallest absolute Gasteiger partial charge is 0.231 e. The summed E-state index contributed by atoms with van der Waals surface area (Å²) in [7, 11) is 1.58. The summed E-state index contributed by atoms with van der Waals surface area (Å²) in [6, 6.07) is 18.6. The van der Waals surface area contributed by atoms with Crippen LogP contribution < -0.4 is 15.0 Å². The molecule has 1 saturated heterocycles. The number of amides is 2. The largest absolute Gasteiger partial charge is 0.497 e. The molecule has 0 aliphatic carbocycles. The van der Waals surface area contributed by atoms with E-state index >= 15 is 0 Å². The molecule has 0 radical (unpaired) electrons. The molecule has 1 N–H and O–H groups in total. The van der Waals surface area contributed by atoms with Gasteiger partial charge in [-0.25, -0.2) is 0 Å². The summed E-state index contributed by atoms with van der Waals surface area (Å²) in [5, 5.41) is 9.00. The van der Waals surface area contributed by atoms with Crippen LogP contribution in [0.5, 0.6) is 5.75 Å². The van der Waals surface area contributed by atoms with Crippen LogP contribution in [0.1, 0.15) is 17.9 Å². The molecule has 3 heterocycles. The van der Waals surface area contributed by atoms with Crippen LogP contribution in [0.4, 0.5) is 11.4 Å². The van der Waals surface area contributed by atoms with E-state index in [9.17, 15) is 9.59 Å². The molecule has 0 spiro atoms. The molecule has 9 heteroatoms. The Labute approximate surface area is 200 Å². The average Bonchev–Trinajstić information content (AvgIpc) is 3.61. The highest BCUT2D eigenvalue weighted by Crippen LogP contribution is 2.29. The summed E-state index contributed by atoms with van der Waals surface area (Å²) in [6.45, 7) is 0.313. The normalized spacial score (nSPS) is 15.5. The SMILES string of the molecule is COc1cccc(N2CC(C(=O)Nc3ccccc3Cc3nc(-c4cccs4)no3)CC2=O)c1. The van der Waals surface area contributed by atoms with Crippen molar-refractivity contribution in [2.75, 3.05) is 23.9 Å².